The van der Waals surface area contributed by atoms with E-state index in [1.165, 1.54) is 7.11 Å². The Labute approximate surface area is 82.6 Å². The van der Waals surface area contributed by atoms with Gasteiger partial charge in [0.2, 0.25) is 0 Å². The molecule has 1 aliphatic heterocycles. The van der Waals surface area contributed by atoms with E-state index < -0.39 is 5.60 Å². The summed E-state index contributed by atoms with van der Waals surface area (Å²) in [5.74, 6) is -0.314. The van der Waals surface area contributed by atoms with Crippen molar-refractivity contribution in [2.45, 2.75) is 18.6 Å². The lowest BCUT2D eigenvalue weighted by Crippen LogP contribution is -2.22. The molecule has 3 heteroatoms. The van der Waals surface area contributed by atoms with E-state index in [1.54, 1.807) is 6.92 Å². The first-order valence-corrected chi connectivity index (χ1v) is 4.49. The molecule has 14 heavy (non-hydrogen) atoms. The normalized spacial score (nSPS) is 29.7. The van der Waals surface area contributed by atoms with Crippen LogP contribution in [-0.4, -0.2) is 18.7 Å². The van der Waals surface area contributed by atoms with E-state index in [2.05, 4.69) is 4.74 Å². The number of hydrogen-bond acceptors (Lipinski definition) is 3. The predicted octanol–water partition coefficient (Wildman–Crippen LogP) is 1.69. The van der Waals surface area contributed by atoms with Gasteiger partial charge in [0.05, 0.1) is 7.11 Å². The molecule has 1 heterocycles. The summed E-state index contributed by atoms with van der Waals surface area (Å²) in [6, 6.07) is 9.67. The van der Waals surface area contributed by atoms with Gasteiger partial charge < -0.3 is 9.47 Å². The summed E-state index contributed by atoms with van der Waals surface area (Å²) in [6.07, 6.45) is -0.156. The Morgan fingerprint density at radius 3 is 2.64 bits per heavy atom. The van der Waals surface area contributed by atoms with Crippen LogP contribution in [0.1, 0.15) is 18.6 Å². The number of ether oxygens (including phenoxy) is 2. The summed E-state index contributed by atoms with van der Waals surface area (Å²) >= 11 is 0. The van der Waals surface area contributed by atoms with Gasteiger partial charge in [-0.15, -0.1) is 0 Å². The summed E-state index contributed by atoms with van der Waals surface area (Å²) in [6.45, 7) is 1.75. The second kappa shape index (κ2) is 3.10. The van der Waals surface area contributed by atoms with E-state index in [0.29, 0.717) is 0 Å². The lowest BCUT2D eigenvalue weighted by molar-refractivity contribution is -0.146. The molecule has 1 saturated heterocycles. The van der Waals surface area contributed by atoms with Gasteiger partial charge in [0, 0.05) is 0 Å². The molecule has 1 aliphatic rings. The molecule has 0 aromatic heterocycles. The number of epoxide rings is 1. The average molecular weight is 192 g/mol. The zero-order valence-corrected chi connectivity index (χ0v) is 8.19. The fourth-order valence-corrected chi connectivity index (χ4v) is 1.58. The number of hydrogen-bond donors (Lipinski definition) is 0. The molecule has 0 saturated carbocycles. The minimum atomic E-state index is -0.782. The zero-order chi connectivity index (χ0) is 10.2. The second-order valence-electron chi connectivity index (χ2n) is 3.51. The van der Waals surface area contributed by atoms with Gasteiger partial charge in [-0.05, 0) is 12.5 Å². The van der Waals surface area contributed by atoms with E-state index >= 15 is 0 Å². The Hall–Kier alpha value is -1.35. The van der Waals surface area contributed by atoms with E-state index in [9.17, 15) is 4.79 Å². The summed E-state index contributed by atoms with van der Waals surface area (Å²) < 4.78 is 10.0. The molecular formula is C11H12O3. The fraction of sp³-hybridized carbons (Fsp3) is 0.364. The summed E-state index contributed by atoms with van der Waals surface area (Å²) in [4.78, 5) is 11.3. The quantitative estimate of drug-likeness (QED) is 0.528. The highest BCUT2D eigenvalue weighted by Crippen LogP contribution is 2.49. The van der Waals surface area contributed by atoms with Crippen molar-refractivity contribution in [3.05, 3.63) is 35.9 Å². The molecule has 1 fully saturated rings. The molecule has 0 aliphatic carbocycles. The van der Waals surface area contributed by atoms with Crippen molar-refractivity contribution in [3.63, 3.8) is 0 Å². The topological polar surface area (TPSA) is 38.8 Å². The van der Waals surface area contributed by atoms with Gasteiger partial charge in [-0.3, -0.25) is 0 Å². The van der Waals surface area contributed by atoms with Crippen LogP contribution >= 0.6 is 0 Å². The molecule has 0 radical (unpaired) electrons. The first-order valence-electron chi connectivity index (χ1n) is 4.49. The minimum Gasteiger partial charge on any atom is -0.467 e. The molecular weight excluding hydrogens is 180 g/mol. The predicted molar refractivity (Wildman–Crippen MR) is 50.7 cm³/mol. The minimum absolute atomic E-state index is 0.156. The van der Waals surface area contributed by atoms with Crippen LogP contribution in [-0.2, 0) is 14.3 Å². The van der Waals surface area contributed by atoms with Gasteiger partial charge in [0.15, 0.2) is 5.60 Å². The Kier molecular flexibility index (Phi) is 2.04. The van der Waals surface area contributed by atoms with Crippen LogP contribution in [0.15, 0.2) is 30.3 Å². The van der Waals surface area contributed by atoms with Gasteiger partial charge in [0.25, 0.3) is 0 Å². The fourth-order valence-electron chi connectivity index (χ4n) is 1.58. The van der Waals surface area contributed by atoms with E-state index in [0.717, 1.165) is 5.56 Å². The first kappa shape index (κ1) is 9.21. The maximum Gasteiger partial charge on any atom is 0.340 e. The SMILES string of the molecule is COC(=O)[C@@]1(C)O[C@@H]1c1ccccc1. The van der Waals surface area contributed by atoms with Crippen molar-refractivity contribution in [2.24, 2.45) is 0 Å². The summed E-state index contributed by atoms with van der Waals surface area (Å²) in [5.41, 5.74) is 0.233. The smallest absolute Gasteiger partial charge is 0.340 e. The highest BCUT2D eigenvalue weighted by atomic mass is 16.7. The third-order valence-electron chi connectivity index (χ3n) is 2.50. The summed E-state index contributed by atoms with van der Waals surface area (Å²) in [7, 11) is 1.37. The molecule has 0 bridgehead atoms. The second-order valence-corrected chi connectivity index (χ2v) is 3.51. The van der Waals surface area contributed by atoms with Crippen LogP contribution in [0.25, 0.3) is 0 Å². The van der Waals surface area contributed by atoms with Crippen molar-refractivity contribution < 1.29 is 14.3 Å². The molecule has 3 nitrogen and oxygen atoms in total. The number of benzene rings is 1. The van der Waals surface area contributed by atoms with Crippen LogP contribution in [0.5, 0.6) is 0 Å². The zero-order valence-electron chi connectivity index (χ0n) is 8.19. The van der Waals surface area contributed by atoms with Gasteiger partial charge in [-0.2, -0.15) is 0 Å². The van der Waals surface area contributed by atoms with Crippen molar-refractivity contribution in [3.8, 4) is 0 Å². The maximum atomic E-state index is 11.3. The maximum absolute atomic E-state index is 11.3. The number of carbonyl (C=O) groups excluding carboxylic acids is 1. The van der Waals surface area contributed by atoms with Crippen LogP contribution in [0, 0.1) is 0 Å². The Morgan fingerprint density at radius 1 is 1.43 bits per heavy atom. The molecule has 2 atom stereocenters. The molecule has 74 valence electrons. The van der Waals surface area contributed by atoms with E-state index in [-0.39, 0.29) is 12.1 Å². The first-order chi connectivity index (χ1) is 6.68. The molecule has 0 unspecified atom stereocenters. The monoisotopic (exact) mass is 192 g/mol. The van der Waals surface area contributed by atoms with Gasteiger partial charge >= 0.3 is 5.97 Å². The third-order valence-corrected chi connectivity index (χ3v) is 2.50. The van der Waals surface area contributed by atoms with Crippen molar-refractivity contribution in [1.29, 1.82) is 0 Å². The van der Waals surface area contributed by atoms with Gasteiger partial charge in [-0.25, -0.2) is 4.79 Å². The highest BCUT2D eigenvalue weighted by molar-refractivity contribution is 5.83. The van der Waals surface area contributed by atoms with Gasteiger partial charge in [-0.1, -0.05) is 30.3 Å². The molecule has 0 spiro atoms. The molecule has 1 aromatic carbocycles. The van der Waals surface area contributed by atoms with Crippen LogP contribution < -0.4 is 0 Å². The van der Waals surface area contributed by atoms with Crippen LogP contribution in [0.3, 0.4) is 0 Å². The van der Waals surface area contributed by atoms with E-state index in [4.69, 9.17) is 4.74 Å². The Balaban J connectivity index is 2.16. The number of esters is 1. The largest absolute Gasteiger partial charge is 0.467 e. The van der Waals surface area contributed by atoms with Crippen molar-refractivity contribution >= 4 is 5.97 Å². The van der Waals surface area contributed by atoms with Crippen LogP contribution in [0.2, 0.25) is 0 Å². The number of carbonyl (C=O) groups is 1. The number of methoxy groups -OCH3 is 1. The Bertz CT molecular complexity index is 347. The van der Waals surface area contributed by atoms with E-state index in [1.807, 2.05) is 30.3 Å². The highest BCUT2D eigenvalue weighted by Gasteiger charge is 2.60. The summed E-state index contributed by atoms with van der Waals surface area (Å²) in [5, 5.41) is 0. The lowest BCUT2D eigenvalue weighted by atomic mass is 10.0. The van der Waals surface area contributed by atoms with Crippen LogP contribution in [0.4, 0.5) is 0 Å². The van der Waals surface area contributed by atoms with Gasteiger partial charge in [0.1, 0.15) is 6.10 Å². The molecule has 0 amide bonds. The van der Waals surface area contributed by atoms with Crippen molar-refractivity contribution in [2.75, 3.05) is 7.11 Å². The lowest BCUT2D eigenvalue weighted by Gasteiger charge is -2.02. The number of rotatable bonds is 2. The molecule has 1 aromatic rings. The third kappa shape index (κ3) is 1.30. The molecule has 2 rings (SSSR count). The Morgan fingerprint density at radius 2 is 2.07 bits per heavy atom. The average Bonchev–Trinajstić information content (AvgIpc) is 2.92. The standard InChI is InChI=1S/C11H12O3/c1-11(10(12)13-2)9(14-11)8-6-4-3-5-7-8/h3-7,9H,1-2H3/t9-,11+/m1/s1. The molecule has 0 N–H and O–H groups in total. The van der Waals surface area contributed by atoms with Crippen molar-refractivity contribution in [1.82, 2.24) is 0 Å².